The van der Waals surface area contributed by atoms with Crippen LogP contribution >= 0.6 is 0 Å². The summed E-state index contributed by atoms with van der Waals surface area (Å²) in [5, 5.41) is 12.0. The molecule has 2 amide bonds. The first-order chi connectivity index (χ1) is 10.8. The zero-order valence-corrected chi connectivity index (χ0v) is 14.1. The smallest absolute Gasteiger partial charge is 0.317 e. The van der Waals surface area contributed by atoms with E-state index >= 15 is 0 Å². The quantitative estimate of drug-likeness (QED) is 0.900. The van der Waals surface area contributed by atoms with Crippen LogP contribution in [-0.2, 0) is 16.8 Å². The van der Waals surface area contributed by atoms with E-state index in [2.05, 4.69) is 38.2 Å². The summed E-state index contributed by atoms with van der Waals surface area (Å²) in [5.74, 6) is -1.26. The summed E-state index contributed by atoms with van der Waals surface area (Å²) in [5.41, 5.74) is 2.41. The van der Waals surface area contributed by atoms with Crippen LogP contribution in [0.1, 0.15) is 44.7 Å². The number of amides is 2. The molecule has 1 unspecified atom stereocenters. The van der Waals surface area contributed by atoms with E-state index < -0.39 is 11.9 Å². The van der Waals surface area contributed by atoms with Gasteiger partial charge in [-0.25, -0.2) is 4.79 Å². The van der Waals surface area contributed by atoms with Gasteiger partial charge in [0.25, 0.3) is 0 Å². The Balaban J connectivity index is 1.88. The molecule has 1 saturated heterocycles. The standard InChI is InChI=1S/C18H26N2O3/c1-18(2,3)15-8-6-13(7-9-15)11-19-17(23)20-10-4-5-14(12-20)16(21)22/h6-9,14H,4-5,10-12H2,1-3H3,(H,19,23)(H,21,22). The molecule has 0 bridgehead atoms. The van der Waals surface area contributed by atoms with Crippen LogP contribution in [0.15, 0.2) is 24.3 Å². The molecule has 0 aromatic heterocycles. The van der Waals surface area contributed by atoms with E-state index in [1.54, 1.807) is 4.90 Å². The lowest BCUT2D eigenvalue weighted by molar-refractivity contribution is -0.143. The maximum Gasteiger partial charge on any atom is 0.317 e. The number of carboxylic acids is 1. The molecule has 1 aromatic rings. The predicted molar refractivity (Wildman–Crippen MR) is 89.3 cm³/mol. The largest absolute Gasteiger partial charge is 0.481 e. The highest BCUT2D eigenvalue weighted by molar-refractivity contribution is 5.76. The van der Waals surface area contributed by atoms with E-state index in [1.165, 1.54) is 5.56 Å². The van der Waals surface area contributed by atoms with Crippen molar-refractivity contribution in [3.8, 4) is 0 Å². The number of benzene rings is 1. The number of piperidine rings is 1. The van der Waals surface area contributed by atoms with Gasteiger partial charge in [0.1, 0.15) is 0 Å². The lowest BCUT2D eigenvalue weighted by atomic mass is 9.87. The number of carboxylic acid groups (broad SMARTS) is 1. The predicted octanol–water partition coefficient (Wildman–Crippen LogP) is 2.99. The topological polar surface area (TPSA) is 69.6 Å². The molecular formula is C18H26N2O3. The van der Waals surface area contributed by atoms with Gasteiger partial charge in [0.2, 0.25) is 0 Å². The van der Waals surface area contributed by atoms with Crippen molar-refractivity contribution in [3.05, 3.63) is 35.4 Å². The number of carbonyl (C=O) groups excluding carboxylic acids is 1. The van der Waals surface area contributed by atoms with Crippen LogP contribution in [0.5, 0.6) is 0 Å². The van der Waals surface area contributed by atoms with E-state index in [0.717, 1.165) is 12.0 Å². The Kier molecular flexibility index (Phi) is 5.29. The molecular weight excluding hydrogens is 292 g/mol. The van der Waals surface area contributed by atoms with Crippen LogP contribution in [-0.4, -0.2) is 35.1 Å². The molecule has 5 nitrogen and oxygen atoms in total. The molecule has 1 heterocycles. The monoisotopic (exact) mass is 318 g/mol. The summed E-state index contributed by atoms with van der Waals surface area (Å²) < 4.78 is 0. The summed E-state index contributed by atoms with van der Waals surface area (Å²) in [4.78, 5) is 24.8. The molecule has 1 fully saturated rings. The van der Waals surface area contributed by atoms with Gasteiger partial charge in [0, 0.05) is 19.6 Å². The average Bonchev–Trinajstić information content (AvgIpc) is 2.52. The summed E-state index contributed by atoms with van der Waals surface area (Å²) in [6.07, 6.45) is 1.39. The second-order valence-electron chi connectivity index (χ2n) is 7.23. The number of rotatable bonds is 3. The van der Waals surface area contributed by atoms with Crippen molar-refractivity contribution < 1.29 is 14.7 Å². The minimum absolute atomic E-state index is 0.113. The summed E-state index contributed by atoms with van der Waals surface area (Å²) in [7, 11) is 0. The van der Waals surface area contributed by atoms with Crippen molar-refractivity contribution in [1.82, 2.24) is 10.2 Å². The summed E-state index contributed by atoms with van der Waals surface area (Å²) in [6, 6.07) is 8.04. The van der Waals surface area contributed by atoms with Crippen molar-refractivity contribution in [2.45, 2.75) is 45.6 Å². The van der Waals surface area contributed by atoms with Gasteiger partial charge in [-0.05, 0) is 29.4 Å². The van der Waals surface area contributed by atoms with Gasteiger partial charge in [0.05, 0.1) is 5.92 Å². The van der Waals surface area contributed by atoms with E-state index in [4.69, 9.17) is 5.11 Å². The van der Waals surface area contributed by atoms with Gasteiger partial charge in [-0.15, -0.1) is 0 Å². The second kappa shape index (κ2) is 7.02. The van der Waals surface area contributed by atoms with Crippen molar-refractivity contribution in [2.24, 2.45) is 5.92 Å². The Hall–Kier alpha value is -2.04. The Morgan fingerprint density at radius 1 is 1.26 bits per heavy atom. The highest BCUT2D eigenvalue weighted by atomic mass is 16.4. The number of likely N-dealkylation sites (tertiary alicyclic amines) is 1. The van der Waals surface area contributed by atoms with Crippen LogP contribution in [0.3, 0.4) is 0 Å². The molecule has 1 atom stereocenters. The van der Waals surface area contributed by atoms with Gasteiger partial charge in [-0.1, -0.05) is 45.0 Å². The minimum atomic E-state index is -0.819. The fourth-order valence-corrected chi connectivity index (χ4v) is 2.78. The lowest BCUT2D eigenvalue weighted by Crippen LogP contribution is -2.46. The third-order valence-electron chi connectivity index (χ3n) is 4.32. The van der Waals surface area contributed by atoms with Crippen molar-refractivity contribution >= 4 is 12.0 Å². The SMILES string of the molecule is CC(C)(C)c1ccc(CNC(=O)N2CCCC(C(=O)O)C2)cc1. The highest BCUT2D eigenvalue weighted by Gasteiger charge is 2.27. The van der Waals surface area contributed by atoms with E-state index in [1.807, 2.05) is 12.1 Å². The van der Waals surface area contributed by atoms with Crippen LogP contribution in [0.25, 0.3) is 0 Å². The van der Waals surface area contributed by atoms with Crippen molar-refractivity contribution in [2.75, 3.05) is 13.1 Å². The molecule has 2 N–H and O–H groups in total. The molecule has 5 heteroatoms. The van der Waals surface area contributed by atoms with E-state index in [0.29, 0.717) is 26.1 Å². The molecule has 0 radical (unpaired) electrons. The van der Waals surface area contributed by atoms with E-state index in [9.17, 15) is 9.59 Å². The molecule has 0 spiro atoms. The zero-order chi connectivity index (χ0) is 17.0. The molecule has 1 aliphatic rings. The second-order valence-corrected chi connectivity index (χ2v) is 7.23. The van der Waals surface area contributed by atoms with Gasteiger partial charge in [-0.2, -0.15) is 0 Å². The molecule has 1 aromatic carbocycles. The first-order valence-electron chi connectivity index (χ1n) is 8.12. The molecule has 23 heavy (non-hydrogen) atoms. The van der Waals surface area contributed by atoms with Gasteiger partial charge < -0.3 is 15.3 Å². The number of nitrogens with zero attached hydrogens (tertiary/aromatic N) is 1. The minimum Gasteiger partial charge on any atom is -0.481 e. The molecule has 126 valence electrons. The Bertz CT molecular complexity index is 561. The van der Waals surface area contributed by atoms with Crippen molar-refractivity contribution in [1.29, 1.82) is 0 Å². The number of carbonyl (C=O) groups is 2. The average molecular weight is 318 g/mol. The van der Waals surface area contributed by atoms with Crippen LogP contribution < -0.4 is 5.32 Å². The highest BCUT2D eigenvalue weighted by Crippen LogP contribution is 2.22. The number of aliphatic carboxylic acids is 1. The summed E-state index contributed by atoms with van der Waals surface area (Å²) >= 11 is 0. The van der Waals surface area contributed by atoms with Crippen molar-refractivity contribution in [3.63, 3.8) is 0 Å². The number of hydrogen-bond donors (Lipinski definition) is 2. The Labute approximate surface area is 137 Å². The Morgan fingerprint density at radius 3 is 2.48 bits per heavy atom. The van der Waals surface area contributed by atoms with Gasteiger partial charge in [-0.3, -0.25) is 4.79 Å². The third-order valence-corrected chi connectivity index (χ3v) is 4.32. The fraction of sp³-hybridized carbons (Fsp3) is 0.556. The molecule has 1 aliphatic heterocycles. The number of nitrogens with one attached hydrogen (secondary N) is 1. The maximum absolute atomic E-state index is 12.2. The first kappa shape index (κ1) is 17.3. The maximum atomic E-state index is 12.2. The third kappa shape index (κ3) is 4.71. The molecule has 0 aliphatic carbocycles. The van der Waals surface area contributed by atoms with Crippen LogP contribution in [0.2, 0.25) is 0 Å². The number of urea groups is 1. The van der Waals surface area contributed by atoms with Gasteiger partial charge >= 0.3 is 12.0 Å². The van der Waals surface area contributed by atoms with Crippen LogP contribution in [0, 0.1) is 5.92 Å². The van der Waals surface area contributed by atoms with Gasteiger partial charge in [0.15, 0.2) is 0 Å². The lowest BCUT2D eigenvalue weighted by Gasteiger charge is -2.30. The first-order valence-corrected chi connectivity index (χ1v) is 8.12. The normalized spacial score (nSPS) is 18.6. The van der Waals surface area contributed by atoms with E-state index in [-0.39, 0.29) is 11.4 Å². The summed E-state index contributed by atoms with van der Waals surface area (Å²) in [6.45, 7) is 7.87. The van der Waals surface area contributed by atoms with Crippen LogP contribution in [0.4, 0.5) is 4.79 Å². The molecule has 0 saturated carbocycles. The number of hydrogen-bond acceptors (Lipinski definition) is 2. The molecule has 2 rings (SSSR count). The fourth-order valence-electron chi connectivity index (χ4n) is 2.78. The zero-order valence-electron chi connectivity index (χ0n) is 14.1. The Morgan fingerprint density at radius 2 is 1.91 bits per heavy atom.